The molecule has 0 aliphatic carbocycles. The quantitative estimate of drug-likeness (QED) is 0.829. The fraction of sp³-hybridized carbons (Fsp3) is 0.450. The van der Waals surface area contributed by atoms with Gasteiger partial charge >= 0.3 is 0 Å². The van der Waals surface area contributed by atoms with Crippen molar-refractivity contribution in [2.24, 2.45) is 11.8 Å². The van der Waals surface area contributed by atoms with Gasteiger partial charge in [-0.1, -0.05) is 19.9 Å². The lowest BCUT2D eigenvalue weighted by atomic mass is 9.94. The smallest absolute Gasteiger partial charge is 0.251 e. The fourth-order valence-corrected chi connectivity index (χ4v) is 5.35. The van der Waals surface area contributed by atoms with Gasteiger partial charge in [-0.25, -0.2) is 18.4 Å². The number of sulfonamides is 1. The maximum atomic E-state index is 13.0. The zero-order chi connectivity index (χ0) is 20.3. The van der Waals surface area contributed by atoms with Crippen LogP contribution in [0.5, 0.6) is 0 Å². The summed E-state index contributed by atoms with van der Waals surface area (Å²) in [6, 6.07) is 7.94. The molecule has 3 rings (SSSR count). The van der Waals surface area contributed by atoms with E-state index in [0.29, 0.717) is 42.0 Å². The summed E-state index contributed by atoms with van der Waals surface area (Å²) in [6.45, 7) is 7.18. The Morgan fingerprint density at radius 3 is 2.61 bits per heavy atom. The Kier molecular flexibility index (Phi) is 6.10. The van der Waals surface area contributed by atoms with Crippen molar-refractivity contribution < 1.29 is 13.2 Å². The maximum Gasteiger partial charge on any atom is 0.251 e. The third-order valence-electron chi connectivity index (χ3n) is 4.83. The number of amides is 1. The molecular formula is C20H26N4O3S. The van der Waals surface area contributed by atoms with Gasteiger partial charge < -0.3 is 5.32 Å². The van der Waals surface area contributed by atoms with E-state index in [9.17, 15) is 13.2 Å². The first kappa shape index (κ1) is 20.4. The fourth-order valence-electron chi connectivity index (χ4n) is 3.63. The highest BCUT2D eigenvalue weighted by atomic mass is 32.2. The van der Waals surface area contributed by atoms with Gasteiger partial charge in [-0.3, -0.25) is 4.79 Å². The van der Waals surface area contributed by atoms with Gasteiger partial charge in [0.25, 0.3) is 5.91 Å². The van der Waals surface area contributed by atoms with E-state index in [1.54, 1.807) is 37.4 Å². The van der Waals surface area contributed by atoms with Crippen molar-refractivity contribution in [2.75, 3.05) is 13.1 Å². The van der Waals surface area contributed by atoms with Gasteiger partial charge in [0, 0.05) is 24.8 Å². The van der Waals surface area contributed by atoms with Gasteiger partial charge in [-0.05, 0) is 49.4 Å². The molecule has 28 heavy (non-hydrogen) atoms. The zero-order valence-electron chi connectivity index (χ0n) is 16.4. The van der Waals surface area contributed by atoms with Crippen molar-refractivity contribution in [3.05, 3.63) is 53.6 Å². The van der Waals surface area contributed by atoms with Crippen molar-refractivity contribution in [1.29, 1.82) is 0 Å². The minimum Gasteiger partial charge on any atom is -0.346 e. The van der Waals surface area contributed by atoms with E-state index in [0.717, 1.165) is 6.42 Å². The van der Waals surface area contributed by atoms with E-state index in [2.05, 4.69) is 29.1 Å². The Bertz CT molecular complexity index is 951. The van der Waals surface area contributed by atoms with Crippen LogP contribution in [0.2, 0.25) is 0 Å². The third-order valence-corrected chi connectivity index (χ3v) is 6.66. The van der Waals surface area contributed by atoms with Crippen molar-refractivity contribution >= 4 is 15.9 Å². The standard InChI is InChI=1S/C20H26N4O3S/c1-14-9-15(2)13-24(12-14)28(26,27)19-6-4-5-17(10-19)20(25)22-11-18-7-8-21-16(3)23-18/h4-8,10,14-15H,9,11-13H2,1-3H3,(H,22,25). The first-order valence-corrected chi connectivity index (χ1v) is 10.9. The minimum atomic E-state index is -3.62. The predicted molar refractivity (Wildman–Crippen MR) is 106 cm³/mol. The van der Waals surface area contributed by atoms with Crippen LogP contribution in [-0.4, -0.2) is 41.7 Å². The molecule has 2 atom stereocenters. The molecule has 1 N–H and O–H groups in total. The highest BCUT2D eigenvalue weighted by Gasteiger charge is 2.31. The van der Waals surface area contributed by atoms with Crippen molar-refractivity contribution in [3.8, 4) is 0 Å². The summed E-state index contributed by atoms with van der Waals surface area (Å²) < 4.78 is 27.6. The Morgan fingerprint density at radius 1 is 1.21 bits per heavy atom. The van der Waals surface area contributed by atoms with Gasteiger partial charge in [0.2, 0.25) is 10.0 Å². The molecule has 1 fully saturated rings. The normalized spacial score (nSPS) is 20.7. The summed E-state index contributed by atoms with van der Waals surface area (Å²) in [5.41, 5.74) is 1.01. The van der Waals surface area contributed by atoms with Crippen molar-refractivity contribution in [3.63, 3.8) is 0 Å². The monoisotopic (exact) mass is 402 g/mol. The average molecular weight is 403 g/mol. The van der Waals surface area contributed by atoms with E-state index in [4.69, 9.17) is 0 Å². The molecule has 1 aromatic carbocycles. The van der Waals surface area contributed by atoms with E-state index in [-0.39, 0.29) is 17.3 Å². The van der Waals surface area contributed by atoms with Crippen molar-refractivity contribution in [1.82, 2.24) is 19.6 Å². The number of aryl methyl sites for hydroxylation is 1. The van der Waals surface area contributed by atoms with Crippen LogP contribution in [0.25, 0.3) is 0 Å². The Hall–Kier alpha value is -2.32. The lowest BCUT2D eigenvalue weighted by Crippen LogP contribution is -2.42. The first-order chi connectivity index (χ1) is 13.3. The number of carbonyl (C=O) groups is 1. The Morgan fingerprint density at radius 2 is 1.93 bits per heavy atom. The van der Waals surface area contributed by atoms with Gasteiger partial charge in [0.05, 0.1) is 17.1 Å². The number of hydrogen-bond donors (Lipinski definition) is 1. The van der Waals surface area contributed by atoms with Gasteiger partial charge in [0.15, 0.2) is 0 Å². The minimum absolute atomic E-state index is 0.152. The molecular weight excluding hydrogens is 376 g/mol. The second-order valence-corrected chi connectivity index (χ2v) is 9.51. The molecule has 0 bridgehead atoms. The molecule has 2 aromatic rings. The summed E-state index contributed by atoms with van der Waals surface area (Å²) in [7, 11) is -3.62. The zero-order valence-corrected chi connectivity index (χ0v) is 17.2. The number of carbonyl (C=O) groups excluding carboxylic acids is 1. The van der Waals surface area contributed by atoms with Gasteiger partial charge in [-0.15, -0.1) is 0 Å². The molecule has 1 aliphatic rings. The molecule has 0 saturated carbocycles. The molecule has 2 heterocycles. The number of nitrogens with one attached hydrogen (secondary N) is 1. The maximum absolute atomic E-state index is 13.0. The molecule has 1 saturated heterocycles. The highest BCUT2D eigenvalue weighted by molar-refractivity contribution is 7.89. The van der Waals surface area contributed by atoms with Crippen LogP contribution in [0.1, 0.15) is 42.1 Å². The molecule has 1 aliphatic heterocycles. The number of piperidine rings is 1. The average Bonchev–Trinajstić information content (AvgIpc) is 2.65. The molecule has 7 nitrogen and oxygen atoms in total. The van der Waals surface area contributed by atoms with Crippen molar-refractivity contribution in [2.45, 2.75) is 38.6 Å². The summed E-state index contributed by atoms with van der Waals surface area (Å²) in [5, 5.41) is 2.78. The largest absolute Gasteiger partial charge is 0.346 e. The Balaban J connectivity index is 1.74. The second kappa shape index (κ2) is 8.36. The first-order valence-electron chi connectivity index (χ1n) is 9.42. The summed E-state index contributed by atoms with van der Waals surface area (Å²) >= 11 is 0. The van der Waals surface area contributed by atoms with E-state index >= 15 is 0 Å². The molecule has 2 unspecified atom stereocenters. The van der Waals surface area contributed by atoms with Gasteiger partial charge in [0.1, 0.15) is 5.82 Å². The topological polar surface area (TPSA) is 92.3 Å². The van der Waals surface area contributed by atoms with E-state index in [1.807, 2.05) is 0 Å². The van der Waals surface area contributed by atoms with Gasteiger partial charge in [-0.2, -0.15) is 4.31 Å². The van der Waals surface area contributed by atoms with Crippen LogP contribution in [-0.2, 0) is 16.6 Å². The molecule has 1 aromatic heterocycles. The van der Waals surface area contributed by atoms with Crippen LogP contribution in [0.3, 0.4) is 0 Å². The number of rotatable bonds is 5. The molecule has 8 heteroatoms. The van der Waals surface area contributed by atoms with Crippen LogP contribution < -0.4 is 5.32 Å². The number of nitrogens with zero attached hydrogens (tertiary/aromatic N) is 3. The molecule has 1 amide bonds. The second-order valence-electron chi connectivity index (χ2n) is 7.57. The number of benzene rings is 1. The molecule has 0 radical (unpaired) electrons. The third kappa shape index (κ3) is 4.74. The van der Waals surface area contributed by atoms with Crippen LogP contribution in [0.15, 0.2) is 41.4 Å². The molecule has 0 spiro atoms. The highest BCUT2D eigenvalue weighted by Crippen LogP contribution is 2.27. The lowest BCUT2D eigenvalue weighted by molar-refractivity contribution is 0.0950. The number of aromatic nitrogens is 2. The van der Waals surface area contributed by atoms with Crippen LogP contribution in [0.4, 0.5) is 0 Å². The Labute approximate surface area is 166 Å². The van der Waals surface area contributed by atoms with Crippen LogP contribution in [0, 0.1) is 18.8 Å². The van der Waals surface area contributed by atoms with Crippen LogP contribution >= 0.6 is 0 Å². The summed E-state index contributed by atoms with van der Waals surface area (Å²) in [4.78, 5) is 20.9. The predicted octanol–water partition coefficient (Wildman–Crippen LogP) is 2.38. The SMILES string of the molecule is Cc1nccc(CNC(=O)c2cccc(S(=O)(=O)N3CC(C)CC(C)C3)c2)n1. The van der Waals surface area contributed by atoms with E-state index in [1.165, 1.54) is 10.4 Å². The lowest BCUT2D eigenvalue weighted by Gasteiger charge is -2.34. The summed E-state index contributed by atoms with van der Waals surface area (Å²) in [5.74, 6) is 0.932. The number of hydrogen-bond acceptors (Lipinski definition) is 5. The van der Waals surface area contributed by atoms with E-state index < -0.39 is 10.0 Å². The molecule has 150 valence electrons. The summed E-state index contributed by atoms with van der Waals surface area (Å²) in [6.07, 6.45) is 2.66.